The summed E-state index contributed by atoms with van der Waals surface area (Å²) in [5.41, 5.74) is 0. The van der Waals surface area contributed by atoms with E-state index in [4.69, 9.17) is 39.5 Å². The third kappa shape index (κ3) is 4.56. The highest BCUT2D eigenvalue weighted by atomic mass is 35.5. The Morgan fingerprint density at radius 2 is 1.74 bits per heavy atom. The molecule has 1 aromatic carbocycles. The molecule has 0 spiro atoms. The van der Waals surface area contributed by atoms with Crippen molar-refractivity contribution in [3.05, 3.63) is 27.2 Å². The number of benzene rings is 1. The monoisotopic (exact) mass is 324 g/mol. The molecule has 1 aromatic rings. The lowest BCUT2D eigenvalue weighted by atomic mass is 10.1. The Bertz CT molecular complexity index is 479. The van der Waals surface area contributed by atoms with Gasteiger partial charge in [0, 0.05) is 5.02 Å². The predicted molar refractivity (Wildman–Crippen MR) is 72.9 cm³/mol. The molecule has 1 rings (SSSR count). The van der Waals surface area contributed by atoms with E-state index in [9.17, 15) is 9.59 Å². The summed E-state index contributed by atoms with van der Waals surface area (Å²) in [4.78, 5) is 22.8. The van der Waals surface area contributed by atoms with Gasteiger partial charge in [-0.3, -0.25) is 9.59 Å². The second-order valence-corrected chi connectivity index (χ2v) is 5.05. The molecular formula is C12H11Cl3O4. The van der Waals surface area contributed by atoms with Crippen molar-refractivity contribution >= 4 is 46.7 Å². The van der Waals surface area contributed by atoms with E-state index in [-0.39, 0.29) is 22.2 Å². The molecule has 0 bridgehead atoms. The molecule has 0 fully saturated rings. The fraction of sp³-hybridized carbons (Fsp3) is 0.333. The van der Waals surface area contributed by atoms with Crippen LogP contribution in [0.3, 0.4) is 0 Å². The maximum atomic E-state index is 11.7. The summed E-state index contributed by atoms with van der Waals surface area (Å²) in [6.07, 6.45) is -0.137. The second kappa shape index (κ2) is 6.98. The summed E-state index contributed by atoms with van der Waals surface area (Å²) < 4.78 is 9.54. The zero-order chi connectivity index (χ0) is 14.6. The molecule has 0 heterocycles. The van der Waals surface area contributed by atoms with E-state index in [1.165, 1.54) is 19.2 Å². The molecule has 0 saturated heterocycles. The van der Waals surface area contributed by atoms with E-state index in [0.29, 0.717) is 5.02 Å². The van der Waals surface area contributed by atoms with Crippen LogP contribution in [0.4, 0.5) is 0 Å². The van der Waals surface area contributed by atoms with Crippen molar-refractivity contribution in [2.45, 2.75) is 13.3 Å². The van der Waals surface area contributed by atoms with Crippen LogP contribution in [0.25, 0.3) is 0 Å². The number of carbonyl (C=O) groups excluding carboxylic acids is 2. The van der Waals surface area contributed by atoms with Crippen LogP contribution in [0.5, 0.6) is 5.75 Å². The van der Waals surface area contributed by atoms with Gasteiger partial charge in [0.25, 0.3) is 0 Å². The molecule has 0 saturated carbocycles. The van der Waals surface area contributed by atoms with E-state index in [1.807, 2.05) is 0 Å². The highest BCUT2D eigenvalue weighted by Crippen LogP contribution is 2.36. The fourth-order valence-corrected chi connectivity index (χ4v) is 2.21. The van der Waals surface area contributed by atoms with Gasteiger partial charge < -0.3 is 9.47 Å². The van der Waals surface area contributed by atoms with Gasteiger partial charge in [0.2, 0.25) is 0 Å². The van der Waals surface area contributed by atoms with Crippen molar-refractivity contribution in [1.29, 1.82) is 0 Å². The van der Waals surface area contributed by atoms with Crippen molar-refractivity contribution in [2.75, 3.05) is 7.11 Å². The van der Waals surface area contributed by atoms with Gasteiger partial charge in [-0.05, 0) is 12.1 Å². The van der Waals surface area contributed by atoms with Crippen LogP contribution in [-0.4, -0.2) is 19.0 Å². The average Bonchev–Trinajstić information content (AvgIpc) is 2.32. The Morgan fingerprint density at radius 1 is 1.21 bits per heavy atom. The molecule has 0 aromatic heterocycles. The number of ether oxygens (including phenoxy) is 2. The molecule has 4 nitrogen and oxygen atoms in total. The van der Waals surface area contributed by atoms with Crippen LogP contribution in [0.2, 0.25) is 15.1 Å². The number of carbonyl (C=O) groups is 2. The molecule has 0 amide bonds. The molecule has 19 heavy (non-hydrogen) atoms. The van der Waals surface area contributed by atoms with Crippen molar-refractivity contribution in [1.82, 2.24) is 0 Å². The predicted octanol–water partition coefficient (Wildman–Crippen LogP) is 3.75. The van der Waals surface area contributed by atoms with E-state index >= 15 is 0 Å². The van der Waals surface area contributed by atoms with Gasteiger partial charge in [0.05, 0.1) is 29.5 Å². The maximum absolute atomic E-state index is 11.7. The van der Waals surface area contributed by atoms with E-state index in [1.54, 1.807) is 6.92 Å². The lowest BCUT2D eigenvalue weighted by Crippen LogP contribution is -2.20. The summed E-state index contributed by atoms with van der Waals surface area (Å²) in [5, 5.41) is 0.575. The first kappa shape index (κ1) is 16.1. The van der Waals surface area contributed by atoms with E-state index in [0.717, 1.165) is 0 Å². The average molecular weight is 326 g/mol. The number of hydrogen-bond donors (Lipinski definition) is 0. The maximum Gasteiger partial charge on any atom is 0.312 e. The van der Waals surface area contributed by atoms with Gasteiger partial charge in [-0.15, -0.1) is 0 Å². The highest BCUT2D eigenvalue weighted by Gasteiger charge is 2.20. The number of rotatable bonds is 4. The Labute approximate surface area is 125 Å². The quantitative estimate of drug-likeness (QED) is 0.625. The SMILES string of the molecule is COC(=O)C(C)CC(=O)Oc1c(Cl)cc(Cl)cc1Cl. The first-order valence-electron chi connectivity index (χ1n) is 5.28. The van der Waals surface area contributed by atoms with Gasteiger partial charge >= 0.3 is 11.9 Å². The van der Waals surface area contributed by atoms with Crippen LogP contribution in [-0.2, 0) is 14.3 Å². The lowest BCUT2D eigenvalue weighted by Gasteiger charge is -2.11. The van der Waals surface area contributed by atoms with E-state index in [2.05, 4.69) is 4.74 Å². The van der Waals surface area contributed by atoms with Crippen molar-refractivity contribution in [3.63, 3.8) is 0 Å². The minimum absolute atomic E-state index is 0.0230. The third-order valence-electron chi connectivity index (χ3n) is 2.26. The molecule has 0 aliphatic heterocycles. The van der Waals surface area contributed by atoms with Gasteiger partial charge in [0.15, 0.2) is 5.75 Å². The molecule has 0 radical (unpaired) electrons. The smallest absolute Gasteiger partial charge is 0.312 e. The minimum Gasteiger partial charge on any atom is -0.469 e. The van der Waals surface area contributed by atoms with Crippen molar-refractivity contribution in [2.24, 2.45) is 5.92 Å². The van der Waals surface area contributed by atoms with Crippen LogP contribution in [0.15, 0.2) is 12.1 Å². The van der Waals surface area contributed by atoms with Gasteiger partial charge in [-0.2, -0.15) is 0 Å². The van der Waals surface area contributed by atoms with Crippen LogP contribution in [0.1, 0.15) is 13.3 Å². The topological polar surface area (TPSA) is 52.6 Å². The summed E-state index contributed by atoms with van der Waals surface area (Å²) >= 11 is 17.5. The van der Waals surface area contributed by atoms with Crippen molar-refractivity contribution in [3.8, 4) is 5.75 Å². The zero-order valence-electron chi connectivity index (χ0n) is 10.2. The van der Waals surface area contributed by atoms with Gasteiger partial charge in [0.1, 0.15) is 0 Å². The summed E-state index contributed by atoms with van der Waals surface area (Å²) in [6.45, 7) is 1.55. The Kier molecular flexibility index (Phi) is 5.91. The Balaban J connectivity index is 2.75. The first-order valence-corrected chi connectivity index (χ1v) is 6.41. The number of hydrogen-bond acceptors (Lipinski definition) is 4. The first-order chi connectivity index (χ1) is 8.85. The molecule has 0 N–H and O–H groups in total. The second-order valence-electron chi connectivity index (χ2n) is 3.80. The third-order valence-corrected chi connectivity index (χ3v) is 3.04. The fourth-order valence-electron chi connectivity index (χ4n) is 1.32. The molecule has 104 valence electrons. The molecule has 0 aliphatic rings. The zero-order valence-corrected chi connectivity index (χ0v) is 12.5. The number of esters is 2. The minimum atomic E-state index is -0.635. The normalized spacial score (nSPS) is 11.8. The summed E-state index contributed by atoms with van der Waals surface area (Å²) in [5.74, 6) is -1.72. The Morgan fingerprint density at radius 3 is 2.21 bits per heavy atom. The number of methoxy groups -OCH3 is 1. The highest BCUT2D eigenvalue weighted by molar-refractivity contribution is 6.40. The molecule has 1 unspecified atom stereocenters. The molecule has 0 aliphatic carbocycles. The van der Waals surface area contributed by atoms with E-state index < -0.39 is 17.9 Å². The molecule has 7 heteroatoms. The standard InChI is InChI=1S/C12H11Cl3O4/c1-6(12(17)18-2)3-10(16)19-11-8(14)4-7(13)5-9(11)15/h4-6H,3H2,1-2H3. The van der Waals surface area contributed by atoms with Gasteiger partial charge in [-0.1, -0.05) is 41.7 Å². The summed E-state index contributed by atoms with van der Waals surface area (Å²) in [6, 6.07) is 2.81. The number of halogens is 3. The van der Waals surface area contributed by atoms with Crippen LogP contribution < -0.4 is 4.74 Å². The molecular weight excluding hydrogens is 314 g/mol. The largest absolute Gasteiger partial charge is 0.469 e. The van der Waals surface area contributed by atoms with Crippen molar-refractivity contribution < 1.29 is 19.1 Å². The Hall–Kier alpha value is -0.970. The molecule has 1 atom stereocenters. The lowest BCUT2D eigenvalue weighted by molar-refractivity contribution is -0.149. The summed E-state index contributed by atoms with van der Waals surface area (Å²) in [7, 11) is 1.25. The van der Waals surface area contributed by atoms with Crippen LogP contribution in [0, 0.1) is 5.92 Å². The van der Waals surface area contributed by atoms with Crippen LogP contribution >= 0.6 is 34.8 Å². The van der Waals surface area contributed by atoms with Gasteiger partial charge in [-0.25, -0.2) is 0 Å².